The van der Waals surface area contributed by atoms with Crippen LogP contribution in [0, 0.1) is 0 Å². The number of nitrogens with one attached hydrogen (secondary N) is 1. The van der Waals surface area contributed by atoms with Gasteiger partial charge in [-0.3, -0.25) is 9.78 Å². The summed E-state index contributed by atoms with van der Waals surface area (Å²) in [5.74, 6) is 0.569. The van der Waals surface area contributed by atoms with Gasteiger partial charge in [0.2, 0.25) is 10.9 Å². The highest BCUT2D eigenvalue weighted by atomic mass is 32.2. The standard InChI is InChI=1S/C11H14N4OS/c1-17-11-13-10-12-9(16)7-5-3-2-4-6-8(7)15(10)14-11/h2-6H2,1H3,(H,12,13,14,16). The van der Waals surface area contributed by atoms with E-state index < -0.39 is 0 Å². The third kappa shape index (κ3) is 1.76. The Balaban J connectivity index is 2.31. The van der Waals surface area contributed by atoms with Crippen LogP contribution in [0.1, 0.15) is 30.5 Å². The maximum atomic E-state index is 12.0. The Morgan fingerprint density at radius 1 is 1.29 bits per heavy atom. The highest BCUT2D eigenvalue weighted by Gasteiger charge is 2.17. The molecule has 90 valence electrons. The van der Waals surface area contributed by atoms with Crippen molar-refractivity contribution in [2.24, 2.45) is 0 Å². The van der Waals surface area contributed by atoms with Gasteiger partial charge in [0.25, 0.3) is 5.56 Å². The largest absolute Gasteiger partial charge is 0.290 e. The molecule has 0 aliphatic heterocycles. The van der Waals surface area contributed by atoms with E-state index in [1.165, 1.54) is 18.2 Å². The molecule has 0 unspecified atom stereocenters. The number of hydrogen-bond donors (Lipinski definition) is 1. The average Bonchev–Trinajstić information content (AvgIpc) is 2.58. The van der Waals surface area contributed by atoms with Gasteiger partial charge in [-0.15, -0.1) is 5.10 Å². The third-order valence-corrected chi connectivity index (χ3v) is 3.75. The Kier molecular flexibility index (Phi) is 2.66. The van der Waals surface area contributed by atoms with E-state index in [9.17, 15) is 4.79 Å². The van der Waals surface area contributed by atoms with Gasteiger partial charge in [0.05, 0.1) is 5.69 Å². The van der Waals surface area contributed by atoms with Gasteiger partial charge >= 0.3 is 0 Å². The molecule has 0 saturated heterocycles. The maximum absolute atomic E-state index is 12.0. The Labute approximate surface area is 103 Å². The molecule has 1 aliphatic rings. The Hall–Kier alpha value is -1.30. The number of hydrogen-bond acceptors (Lipinski definition) is 4. The van der Waals surface area contributed by atoms with Crippen molar-refractivity contribution in [3.63, 3.8) is 0 Å². The first-order valence-electron chi connectivity index (χ1n) is 5.84. The van der Waals surface area contributed by atoms with Gasteiger partial charge in [0, 0.05) is 5.56 Å². The number of thioether (sulfide) groups is 1. The van der Waals surface area contributed by atoms with Crippen LogP contribution in [0.15, 0.2) is 9.95 Å². The van der Waals surface area contributed by atoms with Crippen LogP contribution in [-0.4, -0.2) is 25.8 Å². The molecule has 1 aliphatic carbocycles. The quantitative estimate of drug-likeness (QED) is 0.614. The monoisotopic (exact) mass is 250 g/mol. The normalized spacial score (nSPS) is 15.8. The Bertz CT molecular complexity index is 616. The minimum absolute atomic E-state index is 0.00875. The van der Waals surface area contributed by atoms with E-state index in [1.807, 2.05) is 10.8 Å². The molecule has 0 spiro atoms. The molecule has 0 amide bonds. The molecular formula is C11H14N4OS. The fourth-order valence-corrected chi connectivity index (χ4v) is 2.71. The summed E-state index contributed by atoms with van der Waals surface area (Å²) in [6.45, 7) is 0. The van der Waals surface area contributed by atoms with Crippen LogP contribution in [0.2, 0.25) is 0 Å². The zero-order chi connectivity index (χ0) is 11.8. The molecule has 17 heavy (non-hydrogen) atoms. The number of H-pyrrole nitrogens is 1. The van der Waals surface area contributed by atoms with Crippen molar-refractivity contribution in [3.8, 4) is 0 Å². The highest BCUT2D eigenvalue weighted by Crippen LogP contribution is 2.19. The molecule has 5 nitrogen and oxygen atoms in total. The van der Waals surface area contributed by atoms with Crippen molar-refractivity contribution in [3.05, 3.63) is 21.6 Å². The van der Waals surface area contributed by atoms with Crippen molar-refractivity contribution in [2.75, 3.05) is 6.26 Å². The highest BCUT2D eigenvalue weighted by molar-refractivity contribution is 7.98. The summed E-state index contributed by atoms with van der Waals surface area (Å²) >= 11 is 1.49. The van der Waals surface area contributed by atoms with E-state index in [2.05, 4.69) is 15.1 Å². The molecular weight excluding hydrogens is 236 g/mol. The minimum Gasteiger partial charge on any atom is -0.290 e. The van der Waals surface area contributed by atoms with E-state index >= 15 is 0 Å². The first kappa shape index (κ1) is 10.8. The molecule has 2 aromatic heterocycles. The molecule has 1 N–H and O–H groups in total. The Morgan fingerprint density at radius 3 is 2.94 bits per heavy atom. The van der Waals surface area contributed by atoms with Crippen LogP contribution in [-0.2, 0) is 12.8 Å². The second-order valence-electron chi connectivity index (χ2n) is 4.27. The van der Waals surface area contributed by atoms with Crippen LogP contribution < -0.4 is 5.56 Å². The number of rotatable bonds is 1. The predicted octanol–water partition coefficient (Wildman–Crippen LogP) is 1.41. The number of fused-ring (bicyclic) bond motifs is 3. The lowest BCUT2D eigenvalue weighted by Crippen LogP contribution is -2.19. The average molecular weight is 250 g/mol. The van der Waals surface area contributed by atoms with Gasteiger partial charge in [-0.1, -0.05) is 18.2 Å². The summed E-state index contributed by atoms with van der Waals surface area (Å²) in [4.78, 5) is 19.1. The summed E-state index contributed by atoms with van der Waals surface area (Å²) in [7, 11) is 0. The van der Waals surface area contributed by atoms with Crippen LogP contribution in [0.4, 0.5) is 0 Å². The number of aromatic nitrogens is 4. The van der Waals surface area contributed by atoms with Gasteiger partial charge in [0.15, 0.2) is 0 Å². The summed E-state index contributed by atoms with van der Waals surface area (Å²) < 4.78 is 1.81. The lowest BCUT2D eigenvalue weighted by Gasteiger charge is -2.05. The zero-order valence-corrected chi connectivity index (χ0v) is 10.5. The minimum atomic E-state index is 0.00875. The number of nitrogens with zero attached hydrogens (tertiary/aromatic N) is 3. The van der Waals surface area contributed by atoms with Crippen molar-refractivity contribution in [1.82, 2.24) is 19.6 Å². The fraction of sp³-hybridized carbons (Fsp3) is 0.545. The summed E-state index contributed by atoms with van der Waals surface area (Å²) in [5, 5.41) is 5.13. The van der Waals surface area contributed by atoms with Crippen molar-refractivity contribution >= 4 is 17.5 Å². The van der Waals surface area contributed by atoms with Crippen molar-refractivity contribution in [1.29, 1.82) is 0 Å². The van der Waals surface area contributed by atoms with E-state index in [0.717, 1.165) is 36.9 Å². The third-order valence-electron chi connectivity index (χ3n) is 3.21. The molecule has 0 bridgehead atoms. The van der Waals surface area contributed by atoms with Gasteiger partial charge in [0.1, 0.15) is 0 Å². The molecule has 0 saturated carbocycles. The number of aryl methyl sites for hydroxylation is 1. The predicted molar refractivity (Wildman–Crippen MR) is 66.6 cm³/mol. The summed E-state index contributed by atoms with van der Waals surface area (Å²) in [5.41, 5.74) is 1.95. The van der Waals surface area contributed by atoms with Gasteiger partial charge < -0.3 is 0 Å². The van der Waals surface area contributed by atoms with E-state index in [1.54, 1.807) is 0 Å². The molecule has 3 rings (SSSR count). The lowest BCUT2D eigenvalue weighted by atomic mass is 10.1. The molecule has 0 radical (unpaired) electrons. The van der Waals surface area contributed by atoms with E-state index in [0.29, 0.717) is 10.9 Å². The van der Waals surface area contributed by atoms with Gasteiger partial charge in [-0.2, -0.15) is 4.98 Å². The van der Waals surface area contributed by atoms with Gasteiger partial charge in [-0.25, -0.2) is 4.52 Å². The SMILES string of the molecule is CSc1nc2[nH]c(=O)c3c(n2n1)CCCCC3. The van der Waals surface area contributed by atoms with Crippen molar-refractivity contribution in [2.45, 2.75) is 37.3 Å². The van der Waals surface area contributed by atoms with Crippen LogP contribution >= 0.6 is 11.8 Å². The van der Waals surface area contributed by atoms with E-state index in [4.69, 9.17) is 0 Å². The summed E-state index contributed by atoms with van der Waals surface area (Å²) in [6, 6.07) is 0. The zero-order valence-electron chi connectivity index (χ0n) is 9.69. The van der Waals surface area contributed by atoms with Crippen LogP contribution in [0.5, 0.6) is 0 Å². The van der Waals surface area contributed by atoms with Gasteiger partial charge in [-0.05, 0) is 31.9 Å². The summed E-state index contributed by atoms with van der Waals surface area (Å²) in [6.07, 6.45) is 7.11. The molecule has 0 fully saturated rings. The molecule has 2 heterocycles. The first-order valence-corrected chi connectivity index (χ1v) is 7.07. The molecule has 2 aromatic rings. The second-order valence-corrected chi connectivity index (χ2v) is 5.05. The number of aromatic amines is 1. The smallest absolute Gasteiger partial charge is 0.255 e. The second kappa shape index (κ2) is 4.18. The molecule has 0 atom stereocenters. The molecule has 0 aromatic carbocycles. The lowest BCUT2D eigenvalue weighted by molar-refractivity contribution is 0.700. The van der Waals surface area contributed by atoms with Crippen molar-refractivity contribution < 1.29 is 0 Å². The van der Waals surface area contributed by atoms with E-state index in [-0.39, 0.29) is 5.56 Å². The fourth-order valence-electron chi connectivity index (χ4n) is 2.37. The maximum Gasteiger partial charge on any atom is 0.255 e. The first-order chi connectivity index (χ1) is 8.29. The topological polar surface area (TPSA) is 63.0 Å². The molecule has 6 heteroatoms. The van der Waals surface area contributed by atoms with Crippen LogP contribution in [0.25, 0.3) is 5.78 Å². The van der Waals surface area contributed by atoms with Crippen LogP contribution in [0.3, 0.4) is 0 Å². The Morgan fingerprint density at radius 2 is 2.12 bits per heavy atom.